The molecule has 0 amide bonds. The molecule has 0 saturated carbocycles. The van der Waals surface area contributed by atoms with Gasteiger partial charge in [-0.1, -0.05) is 133 Å². The number of aromatic amines is 2. The van der Waals surface area contributed by atoms with Crippen LogP contribution in [0.2, 0.25) is 0 Å². The molecule has 0 saturated heterocycles. The molecule has 6 aromatic carbocycles. The van der Waals surface area contributed by atoms with E-state index in [1.807, 2.05) is 170 Å². The van der Waals surface area contributed by atoms with Gasteiger partial charge in [0, 0.05) is 56.9 Å². The molecule has 0 atom stereocenters. The van der Waals surface area contributed by atoms with Crippen molar-refractivity contribution < 1.29 is 36.8 Å². The molecule has 14 nitrogen and oxygen atoms in total. The summed E-state index contributed by atoms with van der Waals surface area (Å²) in [5, 5.41) is 60.8. The zero-order valence-corrected chi connectivity index (χ0v) is 37.0. The van der Waals surface area contributed by atoms with Crippen LogP contribution in [0.5, 0.6) is 23.3 Å². The predicted molar refractivity (Wildman–Crippen MR) is 250 cm³/mol. The molecular formula is C52H40CuN10O4. The molecule has 2 N–H and O–H groups in total. The van der Waals surface area contributed by atoms with Gasteiger partial charge >= 0.3 is 17.1 Å². The fraction of sp³-hybridized carbons (Fsp3) is 0.0769. The number of nitrogens with zero attached hydrogens (tertiary/aromatic N) is 8. The minimum Gasteiger partial charge on any atom is -0.859 e. The Bertz CT molecular complexity index is 3120. The van der Waals surface area contributed by atoms with E-state index < -0.39 is 0 Å². The first-order valence-electron chi connectivity index (χ1n) is 20.9. The maximum atomic E-state index is 12.4. The second kappa shape index (κ2) is 21.0. The molecule has 0 spiro atoms. The number of fused-ring (bicyclic) bond motifs is 2. The Kier molecular flexibility index (Phi) is 14.1. The second-order valence-corrected chi connectivity index (χ2v) is 15.0. The monoisotopic (exact) mass is 931 g/mol. The number of benzene rings is 6. The second-order valence-electron chi connectivity index (χ2n) is 15.0. The number of aromatic nitrogens is 6. The molecule has 67 heavy (non-hydrogen) atoms. The number of azo groups is 2. The van der Waals surface area contributed by atoms with Gasteiger partial charge in [0.2, 0.25) is 0 Å². The first kappa shape index (κ1) is 45.1. The Balaban J connectivity index is 0.000000179. The van der Waals surface area contributed by atoms with E-state index in [4.69, 9.17) is 9.47 Å². The first-order chi connectivity index (χ1) is 32.4. The standard InChI is InChI=1S/2C26H21N5O2.Cu/c2*1-33-23-14-8-5-11-18(23)15-19-16-22(17-9-3-2-4-10-17)28-30-25(19)31-29-24-20-12-6-7-13-21(20)27-26(24)32;/h2*2-14,16,27,32H,15H2,1H3;/q;;+2/p-2. The predicted octanol–water partition coefficient (Wildman–Crippen LogP) is 11.4. The van der Waals surface area contributed by atoms with E-state index in [1.165, 1.54) is 0 Å². The summed E-state index contributed by atoms with van der Waals surface area (Å²) in [7, 11) is 3.29. The van der Waals surface area contributed by atoms with Gasteiger partial charge in [-0.25, -0.2) is 0 Å². The number of ether oxygens (including phenoxy) is 2. The fourth-order valence-electron chi connectivity index (χ4n) is 7.48. The maximum Gasteiger partial charge on any atom is 2.00 e. The minimum absolute atomic E-state index is 0. The van der Waals surface area contributed by atoms with Crippen LogP contribution in [0.25, 0.3) is 44.3 Å². The van der Waals surface area contributed by atoms with Crippen LogP contribution in [-0.4, -0.2) is 44.6 Å². The van der Waals surface area contributed by atoms with Gasteiger partial charge in [0.1, 0.15) is 22.9 Å². The van der Waals surface area contributed by atoms with E-state index in [9.17, 15) is 10.2 Å². The third-order valence-corrected chi connectivity index (χ3v) is 10.8. The molecule has 15 heteroatoms. The van der Waals surface area contributed by atoms with Gasteiger partial charge in [-0.2, -0.15) is 0 Å². The molecule has 0 aliphatic rings. The van der Waals surface area contributed by atoms with Gasteiger partial charge in [-0.15, -0.1) is 40.9 Å². The third-order valence-electron chi connectivity index (χ3n) is 10.8. The molecular weight excluding hydrogens is 892 g/mol. The van der Waals surface area contributed by atoms with E-state index in [1.54, 1.807) is 14.2 Å². The van der Waals surface area contributed by atoms with Crippen molar-refractivity contribution in [2.24, 2.45) is 20.5 Å². The molecule has 333 valence electrons. The van der Waals surface area contributed by atoms with Crippen molar-refractivity contribution in [2.45, 2.75) is 12.8 Å². The topological polar surface area (TPSA) is 197 Å². The van der Waals surface area contributed by atoms with Gasteiger partial charge in [-0.3, -0.25) is 0 Å². The minimum atomic E-state index is -0.292. The van der Waals surface area contributed by atoms with Crippen molar-refractivity contribution >= 4 is 44.8 Å². The summed E-state index contributed by atoms with van der Waals surface area (Å²) >= 11 is 0. The summed E-state index contributed by atoms with van der Waals surface area (Å²) in [5.74, 6) is 1.67. The average Bonchev–Trinajstić information content (AvgIpc) is 3.87. The Labute approximate surface area is 395 Å². The average molecular weight is 933 g/mol. The first-order valence-corrected chi connectivity index (χ1v) is 20.9. The number of hydrogen-bond donors (Lipinski definition) is 2. The summed E-state index contributed by atoms with van der Waals surface area (Å²) in [6.07, 6.45) is 1.04. The smallest absolute Gasteiger partial charge is 0.859 e. The number of H-pyrrole nitrogens is 2. The van der Waals surface area contributed by atoms with Crippen LogP contribution in [0.15, 0.2) is 190 Å². The van der Waals surface area contributed by atoms with E-state index in [-0.39, 0.29) is 40.2 Å². The van der Waals surface area contributed by atoms with E-state index >= 15 is 0 Å². The number of para-hydroxylation sites is 4. The van der Waals surface area contributed by atoms with Crippen LogP contribution < -0.4 is 19.7 Å². The Morgan fingerprint density at radius 1 is 0.433 bits per heavy atom. The van der Waals surface area contributed by atoms with Crippen LogP contribution in [0.4, 0.5) is 23.0 Å². The van der Waals surface area contributed by atoms with Crippen LogP contribution in [0.3, 0.4) is 0 Å². The molecule has 10 aromatic rings. The van der Waals surface area contributed by atoms with Crippen molar-refractivity contribution in [3.63, 3.8) is 0 Å². The Hall–Kier alpha value is -8.52. The third kappa shape index (κ3) is 10.2. The number of hydrogen-bond acceptors (Lipinski definition) is 12. The number of nitrogens with one attached hydrogen (secondary N) is 2. The number of methoxy groups -OCH3 is 2. The fourth-order valence-corrected chi connectivity index (χ4v) is 7.48. The molecule has 1 radical (unpaired) electrons. The zero-order valence-electron chi connectivity index (χ0n) is 36.1. The van der Waals surface area contributed by atoms with Crippen molar-refractivity contribution in [1.29, 1.82) is 0 Å². The Morgan fingerprint density at radius 3 is 1.22 bits per heavy atom. The molecule has 0 fully saturated rings. The number of rotatable bonds is 12. The summed E-state index contributed by atoms with van der Waals surface area (Å²) in [6, 6.07) is 53.9. The van der Waals surface area contributed by atoms with Crippen LogP contribution in [0.1, 0.15) is 22.3 Å². The van der Waals surface area contributed by atoms with Crippen molar-refractivity contribution in [3.05, 3.63) is 192 Å². The van der Waals surface area contributed by atoms with Gasteiger partial charge in [0.05, 0.1) is 25.6 Å². The molecule has 0 aliphatic heterocycles. The molecule has 0 unspecified atom stereocenters. The molecule has 10 rings (SSSR count). The van der Waals surface area contributed by atoms with Crippen LogP contribution >= 0.6 is 0 Å². The molecule has 4 aromatic heterocycles. The van der Waals surface area contributed by atoms with E-state index in [0.717, 1.165) is 67.3 Å². The van der Waals surface area contributed by atoms with Crippen LogP contribution in [-0.2, 0) is 29.9 Å². The SMILES string of the molecule is COc1ccccc1Cc1cc(-c2ccccc2)nnc1N=Nc1c([O-])[nH]c2ccccc12.COc1ccccc1Cc1cc(-c2ccccc2)nnc1N=Nc1c([O-])[nH]c2ccccc12.[Cu+2]. The van der Waals surface area contributed by atoms with Crippen LogP contribution in [0, 0.1) is 0 Å². The van der Waals surface area contributed by atoms with E-state index in [0.29, 0.717) is 35.2 Å². The Morgan fingerprint density at radius 2 is 0.806 bits per heavy atom. The summed E-state index contributed by atoms with van der Waals surface area (Å²) in [5.41, 5.74) is 8.93. The van der Waals surface area contributed by atoms with Gasteiger partial charge in [0.15, 0.2) is 11.6 Å². The van der Waals surface area contributed by atoms with Gasteiger partial charge < -0.3 is 29.7 Å². The molecule has 0 bridgehead atoms. The normalized spacial score (nSPS) is 11.1. The van der Waals surface area contributed by atoms with Gasteiger partial charge in [-0.05, 0) is 59.3 Å². The molecule has 0 aliphatic carbocycles. The summed E-state index contributed by atoms with van der Waals surface area (Å²) < 4.78 is 11.0. The van der Waals surface area contributed by atoms with E-state index in [2.05, 4.69) is 50.8 Å². The quantitative estimate of drug-likeness (QED) is 0.0891. The summed E-state index contributed by atoms with van der Waals surface area (Å²) in [6.45, 7) is 0. The zero-order chi connectivity index (χ0) is 45.2. The van der Waals surface area contributed by atoms with Crippen molar-refractivity contribution in [2.75, 3.05) is 14.2 Å². The van der Waals surface area contributed by atoms with Crippen molar-refractivity contribution in [1.82, 2.24) is 30.4 Å². The maximum absolute atomic E-state index is 12.4. The largest absolute Gasteiger partial charge is 2.00 e. The van der Waals surface area contributed by atoms with Gasteiger partial charge in [0.25, 0.3) is 0 Å². The molecule has 4 heterocycles. The van der Waals surface area contributed by atoms with Crippen molar-refractivity contribution in [3.8, 4) is 45.8 Å². The summed E-state index contributed by atoms with van der Waals surface area (Å²) in [4.78, 5) is 5.60.